The summed E-state index contributed by atoms with van der Waals surface area (Å²) >= 11 is 9.24. The summed E-state index contributed by atoms with van der Waals surface area (Å²) in [6, 6.07) is 5.77. The van der Waals surface area contributed by atoms with E-state index in [1.165, 1.54) is 0 Å². The van der Waals surface area contributed by atoms with Crippen molar-refractivity contribution in [3.05, 3.63) is 33.3 Å². The Morgan fingerprint density at radius 3 is 2.75 bits per heavy atom. The lowest BCUT2D eigenvalue weighted by molar-refractivity contribution is 0.0752. The number of hydrogen-bond acceptors (Lipinski definition) is 1. The van der Waals surface area contributed by atoms with E-state index in [4.69, 9.17) is 11.6 Å². The second-order valence-electron chi connectivity index (χ2n) is 3.95. The maximum atomic E-state index is 12.2. The van der Waals surface area contributed by atoms with Gasteiger partial charge in [0.15, 0.2) is 0 Å². The lowest BCUT2D eigenvalue weighted by Crippen LogP contribution is -2.32. The molecule has 0 radical (unpaired) electrons. The van der Waals surface area contributed by atoms with Crippen LogP contribution in [0.1, 0.15) is 30.1 Å². The molecule has 1 amide bonds. The van der Waals surface area contributed by atoms with Crippen molar-refractivity contribution in [2.45, 2.75) is 25.8 Å². The van der Waals surface area contributed by atoms with E-state index in [0.717, 1.165) is 23.9 Å². The molecule has 1 aromatic carbocycles. The van der Waals surface area contributed by atoms with E-state index >= 15 is 0 Å². The molecule has 4 heteroatoms. The quantitative estimate of drug-likeness (QED) is 0.833. The van der Waals surface area contributed by atoms with Gasteiger partial charge in [-0.2, -0.15) is 0 Å². The molecule has 0 unspecified atom stereocenters. The monoisotopic (exact) mass is 301 g/mol. The summed E-state index contributed by atoms with van der Waals surface area (Å²) in [4.78, 5) is 14.1. The lowest BCUT2D eigenvalue weighted by atomic mass is 10.2. The van der Waals surface area contributed by atoms with Crippen LogP contribution in [-0.4, -0.2) is 23.4 Å². The van der Waals surface area contributed by atoms with Crippen LogP contribution < -0.4 is 0 Å². The minimum Gasteiger partial charge on any atom is -0.336 e. The highest BCUT2D eigenvalue weighted by Crippen LogP contribution is 2.29. The summed E-state index contributed by atoms with van der Waals surface area (Å²) in [5, 5.41) is 0.631. The van der Waals surface area contributed by atoms with Crippen molar-refractivity contribution in [1.82, 2.24) is 4.90 Å². The van der Waals surface area contributed by atoms with Crippen molar-refractivity contribution in [2.75, 3.05) is 6.54 Å². The predicted molar refractivity (Wildman–Crippen MR) is 68.9 cm³/mol. The van der Waals surface area contributed by atoms with Crippen LogP contribution in [0.2, 0.25) is 5.02 Å². The topological polar surface area (TPSA) is 20.3 Å². The van der Waals surface area contributed by atoms with E-state index in [0.29, 0.717) is 16.6 Å². The van der Waals surface area contributed by atoms with Crippen LogP contribution >= 0.6 is 27.5 Å². The first-order valence-corrected chi connectivity index (χ1v) is 6.56. The molecule has 16 heavy (non-hydrogen) atoms. The van der Waals surface area contributed by atoms with Crippen molar-refractivity contribution in [1.29, 1.82) is 0 Å². The molecule has 2 rings (SSSR count). The fourth-order valence-electron chi connectivity index (χ4n) is 1.75. The summed E-state index contributed by atoms with van der Waals surface area (Å²) in [6.45, 7) is 2.78. The van der Waals surface area contributed by atoms with Gasteiger partial charge in [0, 0.05) is 22.6 Å². The number of benzene rings is 1. The van der Waals surface area contributed by atoms with Crippen LogP contribution in [0.15, 0.2) is 22.7 Å². The molecule has 1 aliphatic rings. The first-order chi connectivity index (χ1) is 7.63. The molecule has 0 aromatic heterocycles. The average Bonchev–Trinajstić information content (AvgIpc) is 3.07. The minimum absolute atomic E-state index is 0.0994. The summed E-state index contributed by atoms with van der Waals surface area (Å²) < 4.78 is 0.770. The van der Waals surface area contributed by atoms with Gasteiger partial charge in [-0.05, 0) is 53.9 Å². The maximum Gasteiger partial charge on any atom is 0.254 e. The van der Waals surface area contributed by atoms with E-state index in [2.05, 4.69) is 15.9 Å². The van der Waals surface area contributed by atoms with E-state index in [9.17, 15) is 4.79 Å². The third kappa shape index (κ3) is 2.41. The van der Waals surface area contributed by atoms with Crippen molar-refractivity contribution in [2.24, 2.45) is 0 Å². The van der Waals surface area contributed by atoms with E-state index in [1.54, 1.807) is 18.2 Å². The van der Waals surface area contributed by atoms with Crippen LogP contribution in [-0.2, 0) is 0 Å². The van der Waals surface area contributed by atoms with Crippen molar-refractivity contribution >= 4 is 33.4 Å². The van der Waals surface area contributed by atoms with Gasteiger partial charge in [-0.1, -0.05) is 11.6 Å². The minimum atomic E-state index is 0.0994. The third-order valence-corrected chi connectivity index (χ3v) is 3.97. The van der Waals surface area contributed by atoms with Crippen LogP contribution in [0.5, 0.6) is 0 Å². The molecule has 0 heterocycles. The smallest absolute Gasteiger partial charge is 0.254 e. The molecule has 1 aliphatic carbocycles. The first kappa shape index (κ1) is 11.9. The molecule has 0 spiro atoms. The van der Waals surface area contributed by atoms with Gasteiger partial charge in [0.05, 0.1) is 5.02 Å². The lowest BCUT2D eigenvalue weighted by Gasteiger charge is -2.20. The van der Waals surface area contributed by atoms with Gasteiger partial charge >= 0.3 is 0 Å². The Morgan fingerprint density at radius 2 is 2.25 bits per heavy atom. The molecule has 1 saturated carbocycles. The Bertz CT molecular complexity index is 417. The average molecular weight is 303 g/mol. The third-order valence-electron chi connectivity index (χ3n) is 2.76. The standard InChI is InChI=1S/C12H13BrClNO/c1-2-15(9-4-5-9)12(16)8-3-6-11(14)10(13)7-8/h3,6-7,9H,2,4-5H2,1H3. The molecular formula is C12H13BrClNO. The van der Waals surface area contributed by atoms with E-state index in [-0.39, 0.29) is 5.91 Å². The van der Waals surface area contributed by atoms with Gasteiger partial charge in [-0.15, -0.1) is 0 Å². The fourth-order valence-corrected chi connectivity index (χ4v) is 2.25. The molecule has 0 atom stereocenters. The van der Waals surface area contributed by atoms with Crippen LogP contribution in [0.4, 0.5) is 0 Å². The number of halogens is 2. The van der Waals surface area contributed by atoms with Crippen molar-refractivity contribution < 1.29 is 4.79 Å². The molecule has 2 nitrogen and oxygen atoms in total. The summed E-state index contributed by atoms with van der Waals surface area (Å²) in [5.41, 5.74) is 0.699. The summed E-state index contributed by atoms with van der Waals surface area (Å²) in [5.74, 6) is 0.0994. The van der Waals surface area contributed by atoms with Gasteiger partial charge in [0.2, 0.25) is 0 Å². The fraction of sp³-hybridized carbons (Fsp3) is 0.417. The number of hydrogen-bond donors (Lipinski definition) is 0. The Kier molecular flexibility index (Phi) is 3.55. The molecule has 0 aliphatic heterocycles. The summed E-state index contributed by atoms with van der Waals surface area (Å²) in [7, 11) is 0. The van der Waals surface area contributed by atoms with Gasteiger partial charge in [0.25, 0.3) is 5.91 Å². The number of carbonyl (C=O) groups excluding carboxylic acids is 1. The van der Waals surface area contributed by atoms with E-state index < -0.39 is 0 Å². The summed E-state index contributed by atoms with van der Waals surface area (Å²) in [6.07, 6.45) is 2.27. The number of amides is 1. The maximum absolute atomic E-state index is 12.2. The molecule has 1 fully saturated rings. The second-order valence-corrected chi connectivity index (χ2v) is 5.21. The molecule has 86 valence electrons. The van der Waals surface area contributed by atoms with Crippen molar-refractivity contribution in [3.8, 4) is 0 Å². The van der Waals surface area contributed by atoms with Crippen LogP contribution in [0.3, 0.4) is 0 Å². The first-order valence-electron chi connectivity index (χ1n) is 5.39. The Balaban J connectivity index is 2.22. The van der Waals surface area contributed by atoms with Crippen LogP contribution in [0, 0.1) is 0 Å². The van der Waals surface area contributed by atoms with Gasteiger partial charge in [0.1, 0.15) is 0 Å². The highest BCUT2D eigenvalue weighted by atomic mass is 79.9. The van der Waals surface area contributed by atoms with Gasteiger partial charge in [-0.25, -0.2) is 0 Å². The Hall–Kier alpha value is -0.540. The van der Waals surface area contributed by atoms with Crippen LogP contribution in [0.25, 0.3) is 0 Å². The Morgan fingerprint density at radius 1 is 1.56 bits per heavy atom. The molecule has 1 aromatic rings. The molecular weight excluding hydrogens is 289 g/mol. The molecule has 0 saturated heterocycles. The number of carbonyl (C=O) groups is 1. The molecule has 0 bridgehead atoms. The van der Waals surface area contributed by atoms with Gasteiger partial charge in [-0.3, -0.25) is 4.79 Å². The highest BCUT2D eigenvalue weighted by molar-refractivity contribution is 9.10. The largest absolute Gasteiger partial charge is 0.336 e. The molecule has 0 N–H and O–H groups in total. The SMILES string of the molecule is CCN(C(=O)c1ccc(Cl)c(Br)c1)C1CC1. The number of nitrogens with zero attached hydrogens (tertiary/aromatic N) is 1. The predicted octanol–water partition coefficient (Wildman–Crippen LogP) is 3.73. The highest BCUT2D eigenvalue weighted by Gasteiger charge is 2.31. The Labute approximate surface area is 109 Å². The van der Waals surface area contributed by atoms with E-state index in [1.807, 2.05) is 11.8 Å². The normalized spacial score (nSPS) is 14.9. The van der Waals surface area contributed by atoms with Gasteiger partial charge < -0.3 is 4.90 Å². The van der Waals surface area contributed by atoms with Crippen molar-refractivity contribution in [3.63, 3.8) is 0 Å². The zero-order chi connectivity index (χ0) is 11.7. The zero-order valence-corrected chi connectivity index (χ0v) is 11.4. The zero-order valence-electron chi connectivity index (χ0n) is 9.04. The second kappa shape index (κ2) is 4.76. The number of rotatable bonds is 3.